The highest BCUT2D eigenvalue weighted by Crippen LogP contribution is 2.30. The number of hydrogen-bond donors (Lipinski definition) is 0. The number of hydrogen-bond acceptors (Lipinski definition) is 3. The monoisotopic (exact) mass is 239 g/mol. The van der Waals surface area contributed by atoms with E-state index in [-0.39, 0.29) is 0 Å². The first-order valence-corrected chi connectivity index (χ1v) is 6.46. The van der Waals surface area contributed by atoms with Gasteiger partial charge in [0.1, 0.15) is 0 Å². The van der Waals surface area contributed by atoms with Crippen molar-refractivity contribution in [1.29, 1.82) is 0 Å². The predicted molar refractivity (Wildman–Crippen MR) is 62.7 cm³/mol. The van der Waals surface area contributed by atoms with Gasteiger partial charge in [-0.15, -0.1) is 0 Å². The first-order valence-electron chi connectivity index (χ1n) is 4.92. The van der Waals surface area contributed by atoms with E-state index in [4.69, 9.17) is 11.6 Å². The molecule has 5 heteroatoms. The van der Waals surface area contributed by atoms with Crippen LogP contribution in [0.1, 0.15) is 18.2 Å². The maximum atomic E-state index is 5.90. The molecule has 0 aromatic carbocycles. The molecule has 3 heterocycles. The quantitative estimate of drug-likeness (QED) is 0.766. The van der Waals surface area contributed by atoms with Crippen LogP contribution in [0.5, 0.6) is 0 Å². The van der Waals surface area contributed by atoms with Gasteiger partial charge < -0.3 is 0 Å². The van der Waals surface area contributed by atoms with Crippen LogP contribution in [-0.2, 0) is 0 Å². The standard InChI is InChI=1S/C10H10ClN3S/c11-8-1-3-14-9(5-8)12-10(13-14)7-2-4-15-6-7/h1,3,5,7H,2,4,6H2. The lowest BCUT2D eigenvalue weighted by atomic mass is 10.1. The van der Waals surface area contributed by atoms with Gasteiger partial charge in [0.2, 0.25) is 0 Å². The third-order valence-electron chi connectivity index (χ3n) is 2.61. The molecule has 1 atom stereocenters. The SMILES string of the molecule is Clc1ccn2nc(C3CCSC3)nc2c1. The Balaban J connectivity index is 2.05. The first kappa shape index (κ1) is 9.48. The molecule has 1 aliphatic heterocycles. The molecule has 0 N–H and O–H groups in total. The highest BCUT2D eigenvalue weighted by atomic mass is 35.5. The molecule has 1 fully saturated rings. The van der Waals surface area contributed by atoms with E-state index in [0.29, 0.717) is 10.9 Å². The van der Waals surface area contributed by atoms with Crippen LogP contribution >= 0.6 is 23.4 Å². The average Bonchev–Trinajstić information content (AvgIpc) is 2.84. The highest BCUT2D eigenvalue weighted by Gasteiger charge is 2.21. The Morgan fingerprint density at radius 2 is 2.47 bits per heavy atom. The Labute approximate surface area is 96.8 Å². The summed E-state index contributed by atoms with van der Waals surface area (Å²) in [5.74, 6) is 3.85. The smallest absolute Gasteiger partial charge is 0.157 e. The van der Waals surface area contributed by atoms with Gasteiger partial charge in [-0.3, -0.25) is 0 Å². The Hall–Kier alpha value is -0.740. The van der Waals surface area contributed by atoms with Crippen molar-refractivity contribution in [3.8, 4) is 0 Å². The number of fused-ring (bicyclic) bond motifs is 1. The van der Waals surface area contributed by atoms with Crippen LogP contribution in [0.15, 0.2) is 18.3 Å². The van der Waals surface area contributed by atoms with E-state index >= 15 is 0 Å². The van der Waals surface area contributed by atoms with Gasteiger partial charge in [-0.05, 0) is 18.2 Å². The van der Waals surface area contributed by atoms with Crippen molar-refractivity contribution in [2.45, 2.75) is 12.3 Å². The van der Waals surface area contributed by atoms with Crippen molar-refractivity contribution in [3.05, 3.63) is 29.2 Å². The van der Waals surface area contributed by atoms with Gasteiger partial charge in [-0.2, -0.15) is 16.9 Å². The molecule has 0 bridgehead atoms. The molecule has 0 aliphatic carbocycles. The van der Waals surface area contributed by atoms with Gasteiger partial charge in [0.15, 0.2) is 11.5 Å². The molecule has 1 saturated heterocycles. The summed E-state index contributed by atoms with van der Waals surface area (Å²) in [5, 5.41) is 5.18. The molecule has 78 valence electrons. The van der Waals surface area contributed by atoms with Gasteiger partial charge in [-0.25, -0.2) is 9.50 Å². The lowest BCUT2D eigenvalue weighted by Crippen LogP contribution is -1.99. The minimum atomic E-state index is 0.522. The zero-order valence-electron chi connectivity index (χ0n) is 8.06. The van der Waals surface area contributed by atoms with Gasteiger partial charge in [0.25, 0.3) is 0 Å². The molecule has 2 aromatic rings. The predicted octanol–water partition coefficient (Wildman–Crippen LogP) is 2.60. The third kappa shape index (κ3) is 1.72. The first-order chi connectivity index (χ1) is 7.33. The fourth-order valence-corrected chi connectivity index (χ4v) is 3.16. The number of aromatic nitrogens is 3. The molecule has 1 aliphatic rings. The Kier molecular flexibility index (Phi) is 2.33. The Morgan fingerprint density at radius 3 is 3.27 bits per heavy atom. The number of thioether (sulfide) groups is 1. The zero-order chi connectivity index (χ0) is 10.3. The molecule has 0 saturated carbocycles. The van der Waals surface area contributed by atoms with Gasteiger partial charge in [0, 0.05) is 29.0 Å². The van der Waals surface area contributed by atoms with Crippen LogP contribution in [0.3, 0.4) is 0 Å². The summed E-state index contributed by atoms with van der Waals surface area (Å²) < 4.78 is 1.80. The molecule has 3 nitrogen and oxygen atoms in total. The third-order valence-corrected chi connectivity index (χ3v) is 4.01. The van der Waals surface area contributed by atoms with E-state index in [1.54, 1.807) is 4.52 Å². The van der Waals surface area contributed by atoms with Gasteiger partial charge in [0.05, 0.1) is 0 Å². The van der Waals surface area contributed by atoms with Crippen molar-refractivity contribution >= 4 is 29.0 Å². The van der Waals surface area contributed by atoms with Crippen LogP contribution in [0, 0.1) is 0 Å². The van der Waals surface area contributed by atoms with E-state index in [2.05, 4.69) is 10.1 Å². The van der Waals surface area contributed by atoms with Crippen LogP contribution in [0.25, 0.3) is 5.65 Å². The molecular formula is C10H10ClN3S. The van der Waals surface area contributed by atoms with Crippen molar-refractivity contribution < 1.29 is 0 Å². The molecule has 3 rings (SSSR count). The normalized spacial score (nSPS) is 21.3. The number of rotatable bonds is 1. The second-order valence-corrected chi connectivity index (χ2v) is 5.26. The van der Waals surface area contributed by atoms with Crippen molar-refractivity contribution in [2.75, 3.05) is 11.5 Å². The lowest BCUT2D eigenvalue weighted by Gasteiger charge is -1.99. The maximum Gasteiger partial charge on any atom is 0.157 e. The summed E-state index contributed by atoms with van der Waals surface area (Å²) in [6, 6.07) is 3.68. The van der Waals surface area contributed by atoms with Crippen LogP contribution in [-0.4, -0.2) is 26.1 Å². The molecule has 1 unspecified atom stereocenters. The number of nitrogens with zero attached hydrogens (tertiary/aromatic N) is 3. The second kappa shape index (κ2) is 3.68. The fraction of sp³-hybridized carbons (Fsp3) is 0.400. The molecule has 0 radical (unpaired) electrons. The van der Waals surface area contributed by atoms with Crippen LogP contribution in [0.2, 0.25) is 5.02 Å². The molecular weight excluding hydrogens is 230 g/mol. The van der Waals surface area contributed by atoms with E-state index in [0.717, 1.165) is 17.2 Å². The minimum absolute atomic E-state index is 0.522. The number of halogens is 1. The van der Waals surface area contributed by atoms with Crippen molar-refractivity contribution in [2.24, 2.45) is 0 Å². The second-order valence-electron chi connectivity index (χ2n) is 3.68. The highest BCUT2D eigenvalue weighted by molar-refractivity contribution is 7.99. The summed E-state index contributed by atoms with van der Waals surface area (Å²) in [7, 11) is 0. The molecule has 2 aromatic heterocycles. The van der Waals surface area contributed by atoms with Crippen molar-refractivity contribution in [1.82, 2.24) is 14.6 Å². The summed E-state index contributed by atoms with van der Waals surface area (Å²) in [6.45, 7) is 0. The van der Waals surface area contributed by atoms with Crippen LogP contribution in [0.4, 0.5) is 0 Å². The van der Waals surface area contributed by atoms with Crippen LogP contribution < -0.4 is 0 Å². The lowest BCUT2D eigenvalue weighted by molar-refractivity contribution is 0.713. The molecule has 15 heavy (non-hydrogen) atoms. The Morgan fingerprint density at radius 1 is 1.53 bits per heavy atom. The average molecular weight is 240 g/mol. The summed E-state index contributed by atoms with van der Waals surface area (Å²) >= 11 is 7.88. The summed E-state index contributed by atoms with van der Waals surface area (Å²) in [4.78, 5) is 4.51. The maximum absolute atomic E-state index is 5.90. The van der Waals surface area contributed by atoms with E-state index in [1.165, 1.54) is 12.2 Å². The fourth-order valence-electron chi connectivity index (χ4n) is 1.79. The number of pyridine rings is 1. The van der Waals surface area contributed by atoms with Gasteiger partial charge in [-0.1, -0.05) is 11.6 Å². The molecule has 0 amide bonds. The van der Waals surface area contributed by atoms with Gasteiger partial charge >= 0.3 is 0 Å². The summed E-state index contributed by atoms with van der Waals surface area (Å²) in [6.07, 6.45) is 3.05. The summed E-state index contributed by atoms with van der Waals surface area (Å²) in [5.41, 5.74) is 0.842. The zero-order valence-corrected chi connectivity index (χ0v) is 9.63. The van der Waals surface area contributed by atoms with Crippen molar-refractivity contribution in [3.63, 3.8) is 0 Å². The van der Waals surface area contributed by atoms with E-state index in [1.807, 2.05) is 30.1 Å². The Bertz CT molecular complexity index is 490. The topological polar surface area (TPSA) is 30.2 Å². The van der Waals surface area contributed by atoms with E-state index < -0.39 is 0 Å². The largest absolute Gasteiger partial charge is 0.221 e. The van der Waals surface area contributed by atoms with E-state index in [9.17, 15) is 0 Å². The molecule has 0 spiro atoms. The minimum Gasteiger partial charge on any atom is -0.221 e.